The second-order valence-corrected chi connectivity index (χ2v) is 3.82. The number of nitrogens with zero attached hydrogens (tertiary/aromatic N) is 1. The van der Waals surface area contributed by atoms with Gasteiger partial charge < -0.3 is 8.85 Å². The second kappa shape index (κ2) is 5.49. The van der Waals surface area contributed by atoms with Gasteiger partial charge in [-0.15, -0.1) is 0 Å². The smallest absolute Gasteiger partial charge is 0.239 e. The molecule has 0 rings (SSSR count). The summed E-state index contributed by atoms with van der Waals surface area (Å²) < 4.78 is 10.7. The zero-order valence-electron chi connectivity index (χ0n) is 7.39. The van der Waals surface area contributed by atoms with E-state index in [4.69, 9.17) is 14.1 Å². The Balaban J connectivity index is 4.11. The summed E-state index contributed by atoms with van der Waals surface area (Å²) >= 11 is 0. The molecule has 0 aromatic heterocycles. The van der Waals surface area contributed by atoms with Crippen LogP contribution in [0.3, 0.4) is 0 Å². The Labute approximate surface area is 72.6 Å². The van der Waals surface area contributed by atoms with Gasteiger partial charge in [-0.3, -0.25) is 0 Å². The first-order chi connectivity index (χ1) is 5.24. The van der Waals surface area contributed by atoms with Crippen molar-refractivity contribution in [1.29, 1.82) is 5.26 Å². The van der Waals surface area contributed by atoms with Crippen molar-refractivity contribution in [2.45, 2.75) is 32.2 Å². The van der Waals surface area contributed by atoms with Gasteiger partial charge in [0.2, 0.25) is 5.79 Å². The third-order valence-corrected chi connectivity index (χ3v) is 2.90. The molecule has 64 valence electrons. The number of hydrogen-bond donors (Lipinski definition) is 0. The number of hydrogen-bond acceptors (Lipinski definition) is 3. The topological polar surface area (TPSA) is 42.2 Å². The lowest BCUT2D eigenvalue weighted by Crippen LogP contribution is -2.35. The lowest BCUT2D eigenvalue weighted by atomic mass is 10.2. The highest BCUT2D eigenvalue weighted by Gasteiger charge is 2.27. The molecule has 3 nitrogen and oxygen atoms in total. The predicted octanol–water partition coefficient (Wildman–Crippen LogP) is -0.0867. The maximum absolute atomic E-state index is 8.78. The highest BCUT2D eigenvalue weighted by Crippen LogP contribution is 2.14. The molecule has 0 saturated carbocycles. The summed E-state index contributed by atoms with van der Waals surface area (Å²) in [5.41, 5.74) is 0. The number of rotatable bonds is 5. The van der Waals surface area contributed by atoms with Gasteiger partial charge in [-0.05, 0) is 0 Å². The van der Waals surface area contributed by atoms with Crippen LogP contribution in [0.4, 0.5) is 0 Å². The quantitative estimate of drug-likeness (QED) is 0.448. The summed E-state index contributed by atoms with van der Waals surface area (Å²) in [5.74, 6) is -0.887. The SMILES string of the molecule is CCC(C#N)(O[SiH2]C)O[SiH2]C. The first-order valence-corrected chi connectivity index (χ1v) is 7.92. The Morgan fingerprint density at radius 2 is 1.82 bits per heavy atom. The minimum absolute atomic E-state index is 0.558. The maximum Gasteiger partial charge on any atom is 0.239 e. The van der Waals surface area contributed by atoms with Gasteiger partial charge in [0.05, 0.1) is 0 Å². The fourth-order valence-corrected chi connectivity index (χ4v) is 2.66. The molecular formula is C6H15NO2Si2. The summed E-state index contributed by atoms with van der Waals surface area (Å²) in [6.07, 6.45) is 0.630. The highest BCUT2D eigenvalue weighted by molar-refractivity contribution is 6.26. The zero-order chi connectivity index (χ0) is 8.74. The van der Waals surface area contributed by atoms with Crippen LogP contribution in [0.5, 0.6) is 0 Å². The molecule has 0 atom stereocenters. The van der Waals surface area contributed by atoms with Gasteiger partial charge in [0, 0.05) is 6.42 Å². The molecule has 5 heteroatoms. The van der Waals surface area contributed by atoms with Gasteiger partial charge in [0.25, 0.3) is 0 Å². The van der Waals surface area contributed by atoms with E-state index in [-0.39, 0.29) is 0 Å². The molecule has 0 aromatic rings. The van der Waals surface area contributed by atoms with Crippen molar-refractivity contribution in [3.63, 3.8) is 0 Å². The van der Waals surface area contributed by atoms with E-state index in [0.717, 1.165) is 0 Å². The average Bonchev–Trinajstić information content (AvgIpc) is 2.04. The van der Waals surface area contributed by atoms with Gasteiger partial charge in [-0.2, -0.15) is 5.26 Å². The van der Waals surface area contributed by atoms with Gasteiger partial charge >= 0.3 is 0 Å². The molecule has 0 radical (unpaired) electrons. The van der Waals surface area contributed by atoms with Gasteiger partial charge in [0.15, 0.2) is 19.5 Å². The minimum atomic E-state index is -0.887. The molecule has 0 amide bonds. The minimum Gasteiger partial charge on any atom is -0.387 e. The van der Waals surface area contributed by atoms with E-state index in [1.807, 2.05) is 20.0 Å². The Kier molecular flexibility index (Phi) is 5.41. The summed E-state index contributed by atoms with van der Waals surface area (Å²) in [7, 11) is -1.12. The zero-order valence-corrected chi connectivity index (χ0v) is 10.2. The van der Waals surface area contributed by atoms with E-state index < -0.39 is 25.3 Å². The molecule has 0 N–H and O–H groups in total. The van der Waals surface area contributed by atoms with Crippen LogP contribution in [-0.2, 0) is 8.85 Å². The molecule has 0 aliphatic carbocycles. The Hall–Kier alpha value is -0.156. The van der Waals surface area contributed by atoms with Crippen LogP contribution in [0.2, 0.25) is 13.1 Å². The molecule has 0 saturated heterocycles. The lowest BCUT2D eigenvalue weighted by molar-refractivity contribution is -0.0629. The lowest BCUT2D eigenvalue weighted by Gasteiger charge is -2.25. The van der Waals surface area contributed by atoms with E-state index in [1.54, 1.807) is 0 Å². The van der Waals surface area contributed by atoms with Crippen LogP contribution in [0, 0.1) is 11.3 Å². The van der Waals surface area contributed by atoms with E-state index in [1.165, 1.54) is 0 Å². The van der Waals surface area contributed by atoms with E-state index in [0.29, 0.717) is 6.42 Å². The van der Waals surface area contributed by atoms with Crippen molar-refractivity contribution in [3.8, 4) is 6.07 Å². The van der Waals surface area contributed by atoms with Crippen LogP contribution < -0.4 is 0 Å². The van der Waals surface area contributed by atoms with Crippen molar-refractivity contribution in [1.82, 2.24) is 0 Å². The molecular weight excluding hydrogens is 174 g/mol. The fourth-order valence-electron chi connectivity index (χ4n) is 0.856. The van der Waals surface area contributed by atoms with Crippen LogP contribution in [-0.4, -0.2) is 25.3 Å². The standard InChI is InChI=1S/C6H15NO2Si2/c1-4-6(5-7,8-10-2)9-11-3/h4,10-11H2,1-3H3. The normalized spacial score (nSPS) is 17.6. The van der Waals surface area contributed by atoms with Crippen LogP contribution in [0.1, 0.15) is 13.3 Å². The molecule has 0 aromatic carbocycles. The monoisotopic (exact) mass is 189 g/mol. The Morgan fingerprint density at radius 1 is 1.36 bits per heavy atom. The van der Waals surface area contributed by atoms with Crippen molar-refractivity contribution >= 4 is 19.5 Å². The predicted molar refractivity (Wildman–Crippen MR) is 49.6 cm³/mol. The van der Waals surface area contributed by atoms with E-state index in [9.17, 15) is 0 Å². The maximum atomic E-state index is 8.78. The Morgan fingerprint density at radius 3 is 2.00 bits per heavy atom. The van der Waals surface area contributed by atoms with Crippen molar-refractivity contribution in [2.75, 3.05) is 0 Å². The molecule has 0 aliphatic heterocycles. The molecule has 0 aliphatic rings. The molecule has 0 bridgehead atoms. The van der Waals surface area contributed by atoms with Gasteiger partial charge in [-0.25, -0.2) is 0 Å². The number of nitriles is 1. The first kappa shape index (κ1) is 10.8. The highest BCUT2D eigenvalue weighted by atomic mass is 28.2. The first-order valence-electron chi connectivity index (χ1n) is 3.93. The van der Waals surface area contributed by atoms with E-state index in [2.05, 4.69) is 6.07 Å². The fraction of sp³-hybridized carbons (Fsp3) is 0.833. The van der Waals surface area contributed by atoms with Crippen molar-refractivity contribution in [2.24, 2.45) is 0 Å². The Bertz CT molecular complexity index is 140. The largest absolute Gasteiger partial charge is 0.387 e. The van der Waals surface area contributed by atoms with Crippen molar-refractivity contribution < 1.29 is 8.85 Å². The molecule has 0 spiro atoms. The van der Waals surface area contributed by atoms with Crippen LogP contribution >= 0.6 is 0 Å². The second-order valence-electron chi connectivity index (χ2n) is 2.08. The van der Waals surface area contributed by atoms with Crippen molar-refractivity contribution in [3.05, 3.63) is 0 Å². The summed E-state index contributed by atoms with van der Waals surface area (Å²) in [6.45, 7) is 5.92. The molecule has 0 heterocycles. The van der Waals surface area contributed by atoms with E-state index >= 15 is 0 Å². The molecule has 0 unspecified atom stereocenters. The third kappa shape index (κ3) is 3.16. The third-order valence-electron chi connectivity index (χ3n) is 1.39. The molecule has 0 fully saturated rings. The van der Waals surface area contributed by atoms with Crippen LogP contribution in [0.25, 0.3) is 0 Å². The average molecular weight is 189 g/mol. The molecule has 11 heavy (non-hydrogen) atoms. The summed E-state index contributed by atoms with van der Waals surface area (Å²) in [4.78, 5) is 0. The summed E-state index contributed by atoms with van der Waals surface area (Å²) in [6, 6.07) is 2.09. The summed E-state index contributed by atoms with van der Waals surface area (Å²) in [5, 5.41) is 8.78. The van der Waals surface area contributed by atoms with Gasteiger partial charge in [-0.1, -0.05) is 20.0 Å². The van der Waals surface area contributed by atoms with Crippen LogP contribution in [0.15, 0.2) is 0 Å². The van der Waals surface area contributed by atoms with Gasteiger partial charge in [0.1, 0.15) is 6.07 Å².